The Morgan fingerprint density at radius 1 is 1.54 bits per heavy atom. The van der Waals surface area contributed by atoms with Crippen LogP contribution in [0.4, 0.5) is 13.2 Å². The summed E-state index contributed by atoms with van der Waals surface area (Å²) in [6, 6.07) is 1.42. The molecule has 0 amide bonds. The van der Waals surface area contributed by atoms with E-state index in [9.17, 15) is 13.2 Å². The van der Waals surface area contributed by atoms with Gasteiger partial charge in [0.15, 0.2) is 6.10 Å². The molecule has 1 aromatic heterocycles. The molecule has 74 valence electrons. The molecule has 0 aliphatic heterocycles. The van der Waals surface area contributed by atoms with Gasteiger partial charge in [-0.25, -0.2) is 0 Å². The Morgan fingerprint density at radius 2 is 2.15 bits per heavy atom. The first-order valence-corrected chi connectivity index (χ1v) is 4.63. The average molecular weight is 231 g/mol. The fourth-order valence-corrected chi connectivity index (χ4v) is 1.88. The van der Waals surface area contributed by atoms with Gasteiger partial charge in [0.25, 0.3) is 0 Å². The van der Waals surface area contributed by atoms with E-state index in [1.54, 1.807) is 0 Å². The molecular weight excluding hydrogens is 225 g/mol. The number of halogens is 4. The van der Waals surface area contributed by atoms with Gasteiger partial charge in [0, 0.05) is 16.7 Å². The summed E-state index contributed by atoms with van der Waals surface area (Å²) in [5.41, 5.74) is 0. The summed E-state index contributed by atoms with van der Waals surface area (Å²) >= 11 is 6.61. The second-order valence-electron chi connectivity index (χ2n) is 2.49. The Kier molecular flexibility index (Phi) is 3.21. The van der Waals surface area contributed by atoms with Crippen LogP contribution in [0.25, 0.3) is 0 Å². The van der Waals surface area contributed by atoms with E-state index in [1.165, 1.54) is 11.4 Å². The van der Waals surface area contributed by atoms with Crippen LogP contribution < -0.4 is 0 Å². The third-order valence-electron chi connectivity index (χ3n) is 1.39. The van der Waals surface area contributed by atoms with Crippen molar-refractivity contribution in [2.24, 2.45) is 0 Å². The molecule has 13 heavy (non-hydrogen) atoms. The van der Waals surface area contributed by atoms with E-state index in [0.29, 0.717) is 9.90 Å². The topological polar surface area (TPSA) is 20.2 Å². The highest BCUT2D eigenvalue weighted by Crippen LogP contribution is 2.26. The van der Waals surface area contributed by atoms with E-state index in [0.717, 1.165) is 11.3 Å². The lowest BCUT2D eigenvalue weighted by Crippen LogP contribution is -2.30. The molecule has 0 saturated heterocycles. The molecule has 0 aliphatic carbocycles. The van der Waals surface area contributed by atoms with Gasteiger partial charge in [-0.1, -0.05) is 11.6 Å². The van der Waals surface area contributed by atoms with E-state index < -0.39 is 18.7 Å². The van der Waals surface area contributed by atoms with Crippen LogP contribution in [0.1, 0.15) is 4.88 Å². The maximum absolute atomic E-state index is 11.9. The molecule has 1 atom stereocenters. The molecule has 0 fully saturated rings. The van der Waals surface area contributed by atoms with Gasteiger partial charge in [0.1, 0.15) is 0 Å². The third kappa shape index (κ3) is 3.17. The molecular formula is C7H6ClF3OS. The van der Waals surface area contributed by atoms with Crippen LogP contribution in [0.15, 0.2) is 11.4 Å². The number of aliphatic hydroxyl groups excluding tert-OH is 1. The molecule has 0 spiro atoms. The van der Waals surface area contributed by atoms with E-state index in [4.69, 9.17) is 16.7 Å². The van der Waals surface area contributed by atoms with Crippen LogP contribution in [-0.4, -0.2) is 17.4 Å². The number of hydrogen-bond acceptors (Lipinski definition) is 2. The van der Waals surface area contributed by atoms with Gasteiger partial charge in [-0.2, -0.15) is 13.2 Å². The first kappa shape index (κ1) is 10.8. The summed E-state index contributed by atoms with van der Waals surface area (Å²) in [4.78, 5) is 0.426. The summed E-state index contributed by atoms with van der Waals surface area (Å²) in [7, 11) is 0. The second kappa shape index (κ2) is 3.86. The first-order chi connectivity index (χ1) is 5.89. The average Bonchev–Trinajstić information content (AvgIpc) is 2.33. The second-order valence-corrected chi connectivity index (χ2v) is 3.92. The zero-order valence-corrected chi connectivity index (χ0v) is 7.88. The van der Waals surface area contributed by atoms with Crippen LogP contribution in [0.5, 0.6) is 0 Å². The molecule has 1 aromatic rings. The van der Waals surface area contributed by atoms with Gasteiger partial charge in [0.05, 0.1) is 5.02 Å². The van der Waals surface area contributed by atoms with Crippen molar-refractivity contribution in [1.82, 2.24) is 0 Å². The summed E-state index contributed by atoms with van der Waals surface area (Å²) in [5, 5.41) is 10.6. The van der Waals surface area contributed by atoms with E-state index >= 15 is 0 Å². The standard InChI is InChI=1S/C7H6ClF3OS/c8-4-1-5(13-3-4)2-6(12)7(9,10)11/h1,3,6,12H,2H2. The molecule has 0 radical (unpaired) electrons. The van der Waals surface area contributed by atoms with Crippen molar-refractivity contribution in [3.8, 4) is 0 Å². The zero-order valence-electron chi connectivity index (χ0n) is 6.31. The molecule has 1 heterocycles. The minimum absolute atomic E-state index is 0.398. The lowest BCUT2D eigenvalue weighted by atomic mass is 10.2. The van der Waals surface area contributed by atoms with Gasteiger partial charge in [0.2, 0.25) is 0 Å². The SMILES string of the molecule is OC(Cc1cc(Cl)cs1)C(F)(F)F. The maximum atomic E-state index is 11.9. The van der Waals surface area contributed by atoms with Crippen molar-refractivity contribution in [1.29, 1.82) is 0 Å². The molecule has 1 N–H and O–H groups in total. The third-order valence-corrected chi connectivity index (χ3v) is 2.70. The number of alkyl halides is 3. The summed E-state index contributed by atoms with van der Waals surface area (Å²) < 4.78 is 35.6. The number of aliphatic hydroxyl groups is 1. The number of rotatable bonds is 2. The normalized spacial score (nSPS) is 14.5. The van der Waals surface area contributed by atoms with E-state index in [-0.39, 0.29) is 0 Å². The number of thiophene rings is 1. The van der Waals surface area contributed by atoms with E-state index in [1.807, 2.05) is 0 Å². The molecule has 0 aliphatic rings. The molecule has 1 unspecified atom stereocenters. The molecule has 6 heteroatoms. The maximum Gasteiger partial charge on any atom is 0.414 e. The van der Waals surface area contributed by atoms with Crippen LogP contribution in [0.3, 0.4) is 0 Å². The molecule has 1 nitrogen and oxygen atoms in total. The van der Waals surface area contributed by atoms with Crippen molar-refractivity contribution >= 4 is 22.9 Å². The van der Waals surface area contributed by atoms with Crippen molar-refractivity contribution in [2.75, 3.05) is 0 Å². The summed E-state index contributed by atoms with van der Waals surface area (Å²) in [6.07, 6.45) is -7.29. The van der Waals surface area contributed by atoms with Crippen molar-refractivity contribution in [3.63, 3.8) is 0 Å². The Balaban J connectivity index is 2.60. The highest BCUT2D eigenvalue weighted by molar-refractivity contribution is 7.10. The smallest absolute Gasteiger partial charge is 0.383 e. The molecule has 0 saturated carbocycles. The predicted octanol–water partition coefficient (Wildman–Crippen LogP) is 2.87. The van der Waals surface area contributed by atoms with Crippen molar-refractivity contribution < 1.29 is 18.3 Å². The highest BCUT2D eigenvalue weighted by atomic mass is 35.5. The fraction of sp³-hybridized carbons (Fsp3) is 0.429. The monoisotopic (exact) mass is 230 g/mol. The predicted molar refractivity (Wildman–Crippen MR) is 45.1 cm³/mol. The summed E-state index contributed by atoms with van der Waals surface area (Å²) in [6.45, 7) is 0. The van der Waals surface area contributed by atoms with Gasteiger partial charge in [-0.3, -0.25) is 0 Å². The Labute approximate surface area is 81.8 Å². The Hall–Kier alpha value is -0.260. The van der Waals surface area contributed by atoms with Gasteiger partial charge in [-0.15, -0.1) is 11.3 Å². The summed E-state index contributed by atoms with van der Waals surface area (Å²) in [5.74, 6) is 0. The van der Waals surface area contributed by atoms with Gasteiger partial charge >= 0.3 is 6.18 Å². The van der Waals surface area contributed by atoms with Gasteiger partial charge < -0.3 is 5.11 Å². The lowest BCUT2D eigenvalue weighted by Gasteiger charge is -2.12. The largest absolute Gasteiger partial charge is 0.414 e. The minimum atomic E-state index is -4.56. The molecule has 1 rings (SSSR count). The van der Waals surface area contributed by atoms with Crippen LogP contribution in [0.2, 0.25) is 5.02 Å². The lowest BCUT2D eigenvalue weighted by molar-refractivity contribution is -0.202. The molecule has 0 aromatic carbocycles. The molecule has 0 bridgehead atoms. The highest BCUT2D eigenvalue weighted by Gasteiger charge is 2.38. The Morgan fingerprint density at radius 3 is 2.54 bits per heavy atom. The fourth-order valence-electron chi connectivity index (χ4n) is 0.767. The van der Waals surface area contributed by atoms with Crippen molar-refractivity contribution in [3.05, 3.63) is 21.3 Å². The minimum Gasteiger partial charge on any atom is -0.383 e. The Bertz CT molecular complexity index is 284. The first-order valence-electron chi connectivity index (χ1n) is 3.37. The van der Waals surface area contributed by atoms with Gasteiger partial charge in [-0.05, 0) is 6.07 Å². The number of hydrogen-bond donors (Lipinski definition) is 1. The van der Waals surface area contributed by atoms with Crippen molar-refractivity contribution in [2.45, 2.75) is 18.7 Å². The van der Waals surface area contributed by atoms with Crippen LogP contribution in [0, 0.1) is 0 Å². The van der Waals surface area contributed by atoms with Crippen LogP contribution >= 0.6 is 22.9 Å². The zero-order chi connectivity index (χ0) is 10.1. The van der Waals surface area contributed by atoms with Crippen LogP contribution in [-0.2, 0) is 6.42 Å². The quantitative estimate of drug-likeness (QED) is 0.828. The van der Waals surface area contributed by atoms with E-state index in [2.05, 4.69) is 0 Å².